The molecule has 0 saturated carbocycles. The van der Waals surface area contributed by atoms with Crippen LogP contribution in [0.15, 0.2) is 194 Å². The molecule has 6 aromatic carbocycles. The zero-order valence-electron chi connectivity index (χ0n) is 32.4. The molecule has 0 fully saturated rings. The minimum Gasteiger partial charge on any atom is -0.462 e. The Bertz CT molecular complexity index is 1990. The number of carbonyl (C=O) groups excluding carboxylic acids is 1. The Morgan fingerprint density at radius 3 is 1.21 bits per heavy atom. The van der Waals surface area contributed by atoms with Crippen LogP contribution in [0.2, 0.25) is 19.1 Å². The number of ether oxygens (including phenoxy) is 1. The lowest BCUT2D eigenvalue weighted by molar-refractivity contribution is -0.138. The van der Waals surface area contributed by atoms with E-state index in [0.717, 1.165) is 37.2 Å². The van der Waals surface area contributed by atoms with Crippen LogP contribution in [0.5, 0.6) is 0 Å². The van der Waals surface area contributed by atoms with Crippen molar-refractivity contribution >= 4 is 81.6 Å². The first-order chi connectivity index (χ1) is 27.3. The quantitative estimate of drug-likeness (QED) is 0.0506. The fourth-order valence-corrected chi connectivity index (χ4v) is 28.2. The van der Waals surface area contributed by atoms with Crippen LogP contribution in [-0.4, -0.2) is 57.1 Å². The van der Waals surface area contributed by atoms with Gasteiger partial charge < -0.3 is 21.2 Å². The van der Waals surface area contributed by atoms with Gasteiger partial charge in [-0.1, -0.05) is 195 Å². The summed E-state index contributed by atoms with van der Waals surface area (Å²) >= 11 is 0. The Labute approximate surface area is 339 Å². The standard InChI is InChI=1S/C45H50O6Si5/c1-38(2)45(46)47-36-23-37-53(4)49-55(41-28-15-7-16-29-41,42-30-17-8-18-31-42)51-56(43-32-19-9-20-33-43,44-34-21-10-22-35-44)50-54(48-52-3,39-24-11-5-12-25-39)40-26-13-6-14-27-40/h5-22,24-35,53H,1,23,36-37,52H2,2-4H3. The molecule has 11 heteroatoms. The Morgan fingerprint density at radius 1 is 0.554 bits per heavy atom. The van der Waals surface area contributed by atoms with Gasteiger partial charge in [0.1, 0.15) is 9.76 Å². The Hall–Kier alpha value is -4.55. The maximum absolute atomic E-state index is 12.2. The average molecular weight is 827 g/mol. The highest BCUT2D eigenvalue weighted by Gasteiger charge is 2.59. The van der Waals surface area contributed by atoms with Crippen LogP contribution in [0, 0.1) is 0 Å². The van der Waals surface area contributed by atoms with Crippen molar-refractivity contribution in [3.05, 3.63) is 194 Å². The van der Waals surface area contributed by atoms with Crippen LogP contribution in [0.3, 0.4) is 0 Å². The van der Waals surface area contributed by atoms with E-state index in [1.165, 1.54) is 0 Å². The van der Waals surface area contributed by atoms with Crippen LogP contribution in [0.4, 0.5) is 0 Å². The molecule has 0 heterocycles. The summed E-state index contributed by atoms with van der Waals surface area (Å²) in [7, 11) is -14.2. The summed E-state index contributed by atoms with van der Waals surface area (Å²) in [5.74, 6) is -0.374. The molecule has 0 N–H and O–H groups in total. The number of hydrogen-bond acceptors (Lipinski definition) is 6. The van der Waals surface area contributed by atoms with Gasteiger partial charge in [-0.2, -0.15) is 0 Å². The van der Waals surface area contributed by atoms with Crippen molar-refractivity contribution < 1.29 is 26.0 Å². The molecule has 0 spiro atoms. The monoisotopic (exact) mass is 826 g/mol. The molecule has 0 aliphatic carbocycles. The van der Waals surface area contributed by atoms with Crippen LogP contribution < -0.4 is 31.1 Å². The van der Waals surface area contributed by atoms with E-state index in [4.69, 9.17) is 21.2 Å². The molecule has 6 nitrogen and oxygen atoms in total. The van der Waals surface area contributed by atoms with E-state index in [1.54, 1.807) is 6.92 Å². The molecule has 0 aliphatic heterocycles. The molecule has 1 unspecified atom stereocenters. The van der Waals surface area contributed by atoms with Crippen LogP contribution in [-0.2, 0) is 26.0 Å². The average Bonchev–Trinajstić information content (AvgIpc) is 3.26. The van der Waals surface area contributed by atoms with Crippen molar-refractivity contribution in [2.75, 3.05) is 6.61 Å². The van der Waals surface area contributed by atoms with E-state index >= 15 is 0 Å². The van der Waals surface area contributed by atoms with Gasteiger partial charge in [-0.05, 0) is 57.1 Å². The zero-order valence-corrected chi connectivity index (χ0v) is 38.0. The molecule has 0 radical (unpaired) electrons. The van der Waals surface area contributed by atoms with E-state index < -0.39 is 44.5 Å². The first kappa shape index (κ1) is 41.1. The van der Waals surface area contributed by atoms with Crippen molar-refractivity contribution in [1.29, 1.82) is 0 Å². The van der Waals surface area contributed by atoms with Gasteiger partial charge in [0.25, 0.3) is 0 Å². The Balaban J connectivity index is 1.62. The molecule has 6 rings (SSSR count). The zero-order chi connectivity index (χ0) is 39.3. The second kappa shape index (κ2) is 19.5. The first-order valence-corrected chi connectivity index (χ1v) is 29.1. The third-order valence-electron chi connectivity index (χ3n) is 9.55. The lowest BCUT2D eigenvalue weighted by atomic mass is 10.4. The molecule has 0 aromatic heterocycles. The summed E-state index contributed by atoms with van der Waals surface area (Å²) in [4.78, 5) is 12.2. The second-order valence-corrected chi connectivity index (χ2v) is 27.3. The van der Waals surface area contributed by atoms with Crippen LogP contribution in [0.1, 0.15) is 13.3 Å². The van der Waals surface area contributed by atoms with Gasteiger partial charge in [0.2, 0.25) is 0 Å². The predicted octanol–water partition coefficient (Wildman–Crippen LogP) is 4.82. The maximum Gasteiger partial charge on any atom is 0.390 e. The molecular formula is C45H50O6Si5. The molecule has 286 valence electrons. The summed E-state index contributed by atoms with van der Waals surface area (Å²) in [6.45, 7) is 10.1. The fraction of sp³-hybridized carbons (Fsp3) is 0.133. The molecule has 0 amide bonds. The van der Waals surface area contributed by atoms with Crippen molar-refractivity contribution in [1.82, 2.24) is 0 Å². The molecule has 0 aliphatic rings. The number of benzene rings is 6. The van der Waals surface area contributed by atoms with Crippen LogP contribution in [0.25, 0.3) is 0 Å². The van der Waals surface area contributed by atoms with E-state index in [1.807, 2.05) is 36.4 Å². The van der Waals surface area contributed by atoms with Gasteiger partial charge in [-0.25, -0.2) is 4.79 Å². The van der Waals surface area contributed by atoms with Crippen molar-refractivity contribution in [2.45, 2.75) is 32.5 Å². The molecule has 1 atom stereocenters. The van der Waals surface area contributed by atoms with Gasteiger partial charge in [-0.15, -0.1) is 0 Å². The smallest absolute Gasteiger partial charge is 0.390 e. The molecule has 56 heavy (non-hydrogen) atoms. The Morgan fingerprint density at radius 2 is 0.875 bits per heavy atom. The van der Waals surface area contributed by atoms with Gasteiger partial charge in [0.05, 0.1) is 6.61 Å². The largest absolute Gasteiger partial charge is 0.462 e. The van der Waals surface area contributed by atoms with Crippen LogP contribution >= 0.6 is 0 Å². The number of rotatable bonds is 19. The molecule has 0 bridgehead atoms. The number of esters is 1. The van der Waals surface area contributed by atoms with Gasteiger partial charge >= 0.3 is 31.7 Å². The molecule has 0 saturated heterocycles. The SMILES string of the molecule is C=C(C)C(=O)OCCC[SiH](C)O[Si](O[Si](O[Si](O[SiH2]C)(c1ccccc1)c1ccccc1)(c1ccccc1)c1ccccc1)(c1ccccc1)c1ccccc1. The highest BCUT2D eigenvalue weighted by atomic mass is 28.5. The van der Waals surface area contributed by atoms with Crippen molar-refractivity contribution in [3.8, 4) is 0 Å². The van der Waals surface area contributed by atoms with Gasteiger partial charge in [0.15, 0.2) is 9.04 Å². The van der Waals surface area contributed by atoms with Crippen molar-refractivity contribution in [3.63, 3.8) is 0 Å². The summed E-state index contributed by atoms with van der Waals surface area (Å²) in [5, 5.41) is 5.95. The summed E-state index contributed by atoms with van der Waals surface area (Å²) < 4.78 is 37.0. The minimum absolute atomic E-state index is 0.300. The van der Waals surface area contributed by atoms with E-state index in [-0.39, 0.29) is 5.97 Å². The Kier molecular flexibility index (Phi) is 14.3. The lowest BCUT2D eigenvalue weighted by Gasteiger charge is -2.46. The highest BCUT2D eigenvalue weighted by molar-refractivity contribution is 7.10. The maximum atomic E-state index is 12.2. The third-order valence-corrected chi connectivity index (χ3v) is 27.6. The normalized spacial score (nSPS) is 12.7. The van der Waals surface area contributed by atoms with E-state index in [0.29, 0.717) is 18.6 Å². The van der Waals surface area contributed by atoms with E-state index in [9.17, 15) is 4.79 Å². The first-order valence-electron chi connectivity index (χ1n) is 19.2. The summed E-state index contributed by atoms with van der Waals surface area (Å²) in [5.41, 5.74) is 0.392. The predicted molar refractivity (Wildman–Crippen MR) is 241 cm³/mol. The number of hydrogen-bond donors (Lipinski definition) is 0. The van der Waals surface area contributed by atoms with Gasteiger partial charge in [-0.3, -0.25) is 0 Å². The van der Waals surface area contributed by atoms with Crippen molar-refractivity contribution in [2.24, 2.45) is 0 Å². The second-order valence-electron chi connectivity index (χ2n) is 13.7. The lowest BCUT2D eigenvalue weighted by Crippen LogP contribution is -2.80. The summed E-state index contributed by atoms with van der Waals surface area (Å²) in [6, 6.07) is 63.4. The fourth-order valence-electron chi connectivity index (χ4n) is 6.90. The minimum atomic E-state index is -3.88. The number of carbonyl (C=O) groups is 1. The van der Waals surface area contributed by atoms with E-state index in [2.05, 4.69) is 165 Å². The topological polar surface area (TPSA) is 63.2 Å². The van der Waals surface area contributed by atoms with Gasteiger partial charge in [0, 0.05) is 5.57 Å². The highest BCUT2D eigenvalue weighted by Crippen LogP contribution is 2.26. The summed E-state index contributed by atoms with van der Waals surface area (Å²) in [6.07, 6.45) is 0.671. The third kappa shape index (κ3) is 9.35. The molecule has 6 aromatic rings. The molecular weight excluding hydrogens is 777 g/mol.